The minimum absolute atomic E-state index is 0.0804. The van der Waals surface area contributed by atoms with E-state index in [-0.39, 0.29) is 23.9 Å². The summed E-state index contributed by atoms with van der Waals surface area (Å²) in [5, 5.41) is 12.6. The zero-order chi connectivity index (χ0) is 20.0. The van der Waals surface area contributed by atoms with Crippen molar-refractivity contribution in [3.8, 4) is 0 Å². The topological polar surface area (TPSA) is 84.2 Å². The van der Waals surface area contributed by atoms with Crippen molar-refractivity contribution in [2.45, 2.75) is 52.2 Å². The second-order valence-corrected chi connectivity index (χ2v) is 7.20. The van der Waals surface area contributed by atoms with Crippen LogP contribution in [-0.4, -0.2) is 38.5 Å². The van der Waals surface area contributed by atoms with Gasteiger partial charge in [0.1, 0.15) is 17.6 Å². The maximum atomic E-state index is 13.4. The first-order valence-electron chi connectivity index (χ1n) is 8.99. The lowest BCUT2D eigenvalue weighted by Crippen LogP contribution is -2.48. The van der Waals surface area contributed by atoms with E-state index in [9.17, 15) is 19.1 Å². The van der Waals surface area contributed by atoms with E-state index in [1.807, 2.05) is 13.8 Å². The zero-order valence-corrected chi connectivity index (χ0v) is 15.9. The molecule has 0 saturated carbocycles. The predicted octanol–water partition coefficient (Wildman–Crippen LogP) is 2.66. The van der Waals surface area contributed by atoms with Crippen LogP contribution in [0.3, 0.4) is 0 Å². The summed E-state index contributed by atoms with van der Waals surface area (Å²) in [5.41, 5.74) is 1.46. The van der Waals surface area contributed by atoms with Gasteiger partial charge in [0, 0.05) is 24.9 Å². The molecule has 1 aromatic heterocycles. The van der Waals surface area contributed by atoms with Crippen molar-refractivity contribution < 1.29 is 19.1 Å². The Morgan fingerprint density at radius 1 is 1.30 bits per heavy atom. The van der Waals surface area contributed by atoms with Crippen LogP contribution in [0.4, 0.5) is 4.39 Å². The molecule has 146 valence electrons. The number of halogens is 1. The Hall–Kier alpha value is -2.54. The van der Waals surface area contributed by atoms with E-state index in [0.717, 1.165) is 5.56 Å². The van der Waals surface area contributed by atoms with Gasteiger partial charge in [-0.2, -0.15) is 0 Å². The lowest BCUT2D eigenvalue weighted by Gasteiger charge is -2.23. The number of hydrogen-bond acceptors (Lipinski definition) is 4. The van der Waals surface area contributed by atoms with E-state index in [1.54, 1.807) is 29.2 Å². The molecule has 6 nitrogen and oxygen atoms in total. The Kier molecular flexibility index (Phi) is 7.24. The molecule has 2 aromatic rings. The molecule has 0 aliphatic heterocycles. The van der Waals surface area contributed by atoms with Crippen LogP contribution in [0.5, 0.6) is 0 Å². The molecular weight excluding hydrogens is 349 g/mol. The highest BCUT2D eigenvalue weighted by molar-refractivity contribution is 5.82. The summed E-state index contributed by atoms with van der Waals surface area (Å²) in [6, 6.07) is 4.82. The van der Waals surface area contributed by atoms with Gasteiger partial charge in [0.2, 0.25) is 0 Å². The van der Waals surface area contributed by atoms with Gasteiger partial charge >= 0.3 is 5.97 Å². The average molecular weight is 375 g/mol. The number of carboxylic acids is 1. The average Bonchev–Trinajstić information content (AvgIpc) is 2.99. The molecule has 1 aromatic carbocycles. The van der Waals surface area contributed by atoms with Gasteiger partial charge in [-0.05, 0) is 37.0 Å². The van der Waals surface area contributed by atoms with Gasteiger partial charge in [-0.1, -0.05) is 26.0 Å². The molecule has 0 amide bonds. The Morgan fingerprint density at radius 2 is 2.04 bits per heavy atom. The molecule has 2 atom stereocenters. The van der Waals surface area contributed by atoms with Crippen LogP contribution in [0.1, 0.15) is 38.4 Å². The molecule has 0 bridgehead atoms. The number of imidazole rings is 1. The number of rotatable bonds is 10. The molecule has 1 heterocycles. The minimum atomic E-state index is -1.02. The Labute approximate surface area is 158 Å². The number of carbonyl (C=O) groups excluding carboxylic acids is 1. The van der Waals surface area contributed by atoms with Crippen LogP contribution < -0.4 is 5.32 Å². The predicted molar refractivity (Wildman–Crippen MR) is 99.9 cm³/mol. The van der Waals surface area contributed by atoms with Crippen molar-refractivity contribution in [1.29, 1.82) is 0 Å². The highest BCUT2D eigenvalue weighted by Gasteiger charge is 2.26. The minimum Gasteiger partial charge on any atom is -0.480 e. The van der Waals surface area contributed by atoms with E-state index in [1.165, 1.54) is 19.1 Å². The maximum Gasteiger partial charge on any atom is 0.321 e. The smallest absolute Gasteiger partial charge is 0.321 e. The molecule has 27 heavy (non-hydrogen) atoms. The summed E-state index contributed by atoms with van der Waals surface area (Å²) in [4.78, 5) is 27.7. The van der Waals surface area contributed by atoms with Crippen molar-refractivity contribution in [3.63, 3.8) is 0 Å². The fourth-order valence-electron chi connectivity index (χ4n) is 2.98. The molecule has 7 heteroatoms. The van der Waals surface area contributed by atoms with Gasteiger partial charge in [0.15, 0.2) is 0 Å². The summed E-state index contributed by atoms with van der Waals surface area (Å²) in [6.45, 7) is 5.83. The first-order valence-corrected chi connectivity index (χ1v) is 8.99. The van der Waals surface area contributed by atoms with Crippen LogP contribution in [0, 0.1) is 11.7 Å². The largest absolute Gasteiger partial charge is 0.480 e. The number of aliphatic carboxylic acids is 1. The first kappa shape index (κ1) is 20.8. The number of benzene rings is 1. The SMILES string of the molecule is CC(=O)C(CC(C)C)NC(Cc1cncn1Cc1cccc(F)c1)C(=O)O. The number of hydrogen-bond donors (Lipinski definition) is 2. The Balaban J connectivity index is 2.14. The van der Waals surface area contributed by atoms with Crippen LogP contribution in [0.2, 0.25) is 0 Å². The first-order chi connectivity index (χ1) is 12.8. The summed E-state index contributed by atoms with van der Waals surface area (Å²) in [6.07, 6.45) is 3.94. The van der Waals surface area contributed by atoms with Gasteiger partial charge in [-0.3, -0.25) is 14.9 Å². The van der Waals surface area contributed by atoms with Crippen molar-refractivity contribution in [3.05, 3.63) is 53.9 Å². The zero-order valence-electron chi connectivity index (χ0n) is 15.9. The van der Waals surface area contributed by atoms with E-state index >= 15 is 0 Å². The molecule has 0 aliphatic carbocycles. The standard InChI is InChI=1S/C20H26FN3O3/c1-13(2)7-18(14(3)25)23-19(20(26)27)9-17-10-22-12-24(17)11-15-5-4-6-16(21)8-15/h4-6,8,10,12-13,18-19,23H,7,9,11H2,1-3H3,(H,26,27). The third kappa shape index (κ3) is 6.29. The number of carbonyl (C=O) groups is 2. The van der Waals surface area contributed by atoms with Gasteiger partial charge in [0.05, 0.1) is 12.4 Å². The van der Waals surface area contributed by atoms with Crippen LogP contribution >= 0.6 is 0 Å². The molecule has 0 aliphatic rings. The molecular formula is C20H26FN3O3. The van der Waals surface area contributed by atoms with Crippen LogP contribution in [-0.2, 0) is 22.6 Å². The Bertz CT molecular complexity index is 788. The van der Waals surface area contributed by atoms with Crippen LogP contribution in [0.15, 0.2) is 36.8 Å². The molecule has 0 spiro atoms. The number of nitrogens with one attached hydrogen (secondary N) is 1. The van der Waals surface area contributed by atoms with Crippen molar-refractivity contribution in [1.82, 2.24) is 14.9 Å². The third-order valence-corrected chi connectivity index (χ3v) is 4.35. The van der Waals surface area contributed by atoms with E-state index < -0.39 is 18.1 Å². The number of carboxylic acid groups (broad SMARTS) is 1. The van der Waals surface area contributed by atoms with E-state index in [4.69, 9.17) is 0 Å². The molecule has 2 N–H and O–H groups in total. The second kappa shape index (κ2) is 9.41. The molecule has 0 radical (unpaired) electrons. The quantitative estimate of drug-likeness (QED) is 0.667. The van der Waals surface area contributed by atoms with E-state index in [2.05, 4.69) is 10.3 Å². The number of nitrogens with zero attached hydrogens (tertiary/aromatic N) is 2. The van der Waals surface area contributed by atoms with Gasteiger partial charge in [-0.25, -0.2) is 9.37 Å². The van der Waals surface area contributed by atoms with Gasteiger partial charge in [0.25, 0.3) is 0 Å². The number of Topliss-reactive ketones (excluding diaryl/α,β-unsaturated/α-hetero) is 1. The van der Waals surface area contributed by atoms with Crippen molar-refractivity contribution in [2.24, 2.45) is 5.92 Å². The van der Waals surface area contributed by atoms with E-state index in [0.29, 0.717) is 18.7 Å². The van der Waals surface area contributed by atoms with Crippen LogP contribution in [0.25, 0.3) is 0 Å². The molecule has 2 rings (SSSR count). The monoisotopic (exact) mass is 375 g/mol. The molecule has 0 saturated heterocycles. The highest BCUT2D eigenvalue weighted by atomic mass is 19.1. The summed E-state index contributed by atoms with van der Waals surface area (Å²) >= 11 is 0. The normalized spacial score (nSPS) is 13.5. The fraction of sp³-hybridized carbons (Fsp3) is 0.450. The fourth-order valence-corrected chi connectivity index (χ4v) is 2.98. The van der Waals surface area contributed by atoms with Gasteiger partial charge < -0.3 is 9.67 Å². The lowest BCUT2D eigenvalue weighted by atomic mass is 9.99. The lowest BCUT2D eigenvalue weighted by molar-refractivity contribution is -0.139. The summed E-state index contributed by atoms with van der Waals surface area (Å²) in [5.74, 6) is -1.16. The third-order valence-electron chi connectivity index (χ3n) is 4.35. The summed E-state index contributed by atoms with van der Waals surface area (Å²) in [7, 11) is 0. The number of ketones is 1. The molecule has 0 fully saturated rings. The highest BCUT2D eigenvalue weighted by Crippen LogP contribution is 2.12. The summed E-state index contributed by atoms with van der Waals surface area (Å²) < 4.78 is 15.2. The Morgan fingerprint density at radius 3 is 2.63 bits per heavy atom. The number of aromatic nitrogens is 2. The van der Waals surface area contributed by atoms with Gasteiger partial charge in [-0.15, -0.1) is 0 Å². The van der Waals surface area contributed by atoms with Crippen molar-refractivity contribution >= 4 is 11.8 Å². The maximum absolute atomic E-state index is 13.4. The second-order valence-electron chi connectivity index (χ2n) is 7.20. The molecule has 2 unspecified atom stereocenters. The van der Waals surface area contributed by atoms with Crippen molar-refractivity contribution in [2.75, 3.05) is 0 Å².